The monoisotopic (exact) mass is 281 g/mol. The number of hydrogen-bond donors (Lipinski definition) is 1. The highest BCUT2D eigenvalue weighted by atomic mass is 35.5. The number of ether oxygens (including phenoxy) is 1. The van der Waals surface area contributed by atoms with Gasteiger partial charge in [-0.05, 0) is 17.7 Å². The van der Waals surface area contributed by atoms with Crippen LogP contribution in [0.15, 0.2) is 22.7 Å². The maximum atomic E-state index is 6.06. The topological polar surface area (TPSA) is 60.2 Å². The fourth-order valence-electron chi connectivity index (χ4n) is 1.70. The van der Waals surface area contributed by atoms with Crippen LogP contribution in [0.1, 0.15) is 17.3 Å². The van der Waals surface area contributed by atoms with Crippen LogP contribution in [0.4, 0.5) is 0 Å². The van der Waals surface area contributed by atoms with E-state index in [4.69, 9.17) is 20.9 Å². The smallest absolute Gasteiger partial charge is 0.223 e. The van der Waals surface area contributed by atoms with Gasteiger partial charge in [-0.2, -0.15) is 4.98 Å². The summed E-state index contributed by atoms with van der Waals surface area (Å²) in [5.41, 5.74) is 1.11. The van der Waals surface area contributed by atoms with Gasteiger partial charge in [0.25, 0.3) is 0 Å². The van der Waals surface area contributed by atoms with E-state index in [1.54, 1.807) is 14.0 Å². The van der Waals surface area contributed by atoms with E-state index < -0.39 is 0 Å². The lowest BCUT2D eigenvalue weighted by atomic mass is 10.2. The molecule has 0 saturated heterocycles. The molecule has 0 amide bonds. The summed E-state index contributed by atoms with van der Waals surface area (Å²) in [6.07, 6.45) is 0.737. The molecule has 0 aliphatic rings. The van der Waals surface area contributed by atoms with Crippen LogP contribution >= 0.6 is 11.6 Å². The molecule has 0 spiro atoms. The summed E-state index contributed by atoms with van der Waals surface area (Å²) in [5.74, 6) is 2.00. The van der Waals surface area contributed by atoms with Crippen molar-refractivity contribution in [2.24, 2.45) is 0 Å². The number of halogens is 1. The number of benzene rings is 1. The molecule has 102 valence electrons. The second-order valence-electron chi connectivity index (χ2n) is 4.13. The van der Waals surface area contributed by atoms with Gasteiger partial charge in [0.2, 0.25) is 5.89 Å². The average molecular weight is 282 g/mol. The highest BCUT2D eigenvalue weighted by Crippen LogP contribution is 2.24. The first kappa shape index (κ1) is 13.8. The Labute approximate surface area is 116 Å². The van der Waals surface area contributed by atoms with Crippen molar-refractivity contribution in [3.63, 3.8) is 0 Å². The van der Waals surface area contributed by atoms with Crippen LogP contribution in [-0.4, -0.2) is 23.8 Å². The molecule has 5 nitrogen and oxygen atoms in total. The second kappa shape index (κ2) is 6.54. The highest BCUT2D eigenvalue weighted by molar-refractivity contribution is 6.32. The SMILES string of the molecule is COc1ccc(CNCCc2noc(C)n2)cc1Cl. The summed E-state index contributed by atoms with van der Waals surface area (Å²) in [6.45, 7) is 3.30. The zero-order valence-corrected chi connectivity index (χ0v) is 11.7. The number of nitrogens with one attached hydrogen (secondary N) is 1. The molecule has 6 heteroatoms. The molecular formula is C13H16ClN3O2. The maximum absolute atomic E-state index is 6.06. The first-order chi connectivity index (χ1) is 9.19. The molecule has 0 radical (unpaired) electrons. The summed E-state index contributed by atoms with van der Waals surface area (Å²) in [7, 11) is 1.60. The summed E-state index contributed by atoms with van der Waals surface area (Å²) in [6, 6.07) is 5.74. The molecule has 2 rings (SSSR count). The minimum absolute atomic E-state index is 0.594. The van der Waals surface area contributed by atoms with E-state index in [0.717, 1.165) is 30.9 Å². The average Bonchev–Trinajstić information content (AvgIpc) is 2.81. The van der Waals surface area contributed by atoms with E-state index in [-0.39, 0.29) is 0 Å². The van der Waals surface area contributed by atoms with Crippen molar-refractivity contribution in [1.29, 1.82) is 0 Å². The Morgan fingerprint density at radius 3 is 2.89 bits per heavy atom. The Morgan fingerprint density at radius 2 is 2.26 bits per heavy atom. The van der Waals surface area contributed by atoms with Gasteiger partial charge in [0.1, 0.15) is 5.75 Å². The van der Waals surface area contributed by atoms with Gasteiger partial charge in [-0.1, -0.05) is 22.8 Å². The lowest BCUT2D eigenvalue weighted by molar-refractivity contribution is 0.387. The van der Waals surface area contributed by atoms with E-state index >= 15 is 0 Å². The van der Waals surface area contributed by atoms with Crippen molar-refractivity contribution >= 4 is 11.6 Å². The Bertz CT molecular complexity index is 542. The van der Waals surface area contributed by atoms with E-state index in [1.807, 2.05) is 18.2 Å². The third-order valence-electron chi connectivity index (χ3n) is 2.64. The fourth-order valence-corrected chi connectivity index (χ4v) is 1.98. The lowest BCUT2D eigenvalue weighted by Gasteiger charge is -2.07. The van der Waals surface area contributed by atoms with Gasteiger partial charge in [0, 0.05) is 26.4 Å². The molecule has 1 heterocycles. The summed E-state index contributed by atoms with van der Waals surface area (Å²) < 4.78 is 10.0. The van der Waals surface area contributed by atoms with Crippen molar-refractivity contribution < 1.29 is 9.26 Å². The van der Waals surface area contributed by atoms with Gasteiger partial charge in [-0.3, -0.25) is 0 Å². The van der Waals surface area contributed by atoms with Gasteiger partial charge in [-0.15, -0.1) is 0 Å². The third kappa shape index (κ3) is 3.94. The molecule has 1 aromatic heterocycles. The predicted octanol–water partition coefficient (Wildman–Crippen LogP) is 2.37. The van der Waals surface area contributed by atoms with Crippen LogP contribution in [0, 0.1) is 6.92 Å². The number of hydrogen-bond acceptors (Lipinski definition) is 5. The summed E-state index contributed by atoms with van der Waals surface area (Å²) in [4.78, 5) is 4.14. The Hall–Kier alpha value is -1.59. The molecule has 0 atom stereocenters. The minimum atomic E-state index is 0.594. The van der Waals surface area contributed by atoms with Crippen molar-refractivity contribution in [1.82, 2.24) is 15.5 Å². The van der Waals surface area contributed by atoms with E-state index in [9.17, 15) is 0 Å². The van der Waals surface area contributed by atoms with Crippen molar-refractivity contribution in [2.75, 3.05) is 13.7 Å². The quantitative estimate of drug-likeness (QED) is 0.824. The third-order valence-corrected chi connectivity index (χ3v) is 2.94. The summed E-state index contributed by atoms with van der Waals surface area (Å²) >= 11 is 6.06. The van der Waals surface area contributed by atoms with Crippen LogP contribution < -0.4 is 10.1 Å². The second-order valence-corrected chi connectivity index (χ2v) is 4.53. The van der Waals surface area contributed by atoms with E-state index in [1.165, 1.54) is 0 Å². The number of methoxy groups -OCH3 is 1. The Balaban J connectivity index is 1.78. The first-order valence-corrected chi connectivity index (χ1v) is 6.39. The number of nitrogens with zero attached hydrogens (tertiary/aromatic N) is 2. The van der Waals surface area contributed by atoms with Gasteiger partial charge in [-0.25, -0.2) is 0 Å². The molecule has 1 N–H and O–H groups in total. The largest absolute Gasteiger partial charge is 0.495 e. The predicted molar refractivity (Wildman–Crippen MR) is 72.4 cm³/mol. The van der Waals surface area contributed by atoms with Crippen molar-refractivity contribution in [2.45, 2.75) is 19.9 Å². The standard InChI is InChI=1S/C13H16ClN3O2/c1-9-16-13(17-19-9)5-6-15-8-10-3-4-12(18-2)11(14)7-10/h3-4,7,15H,5-6,8H2,1-2H3. The van der Waals surface area contributed by atoms with Gasteiger partial charge < -0.3 is 14.6 Å². The van der Waals surface area contributed by atoms with Crippen LogP contribution in [0.2, 0.25) is 5.02 Å². The zero-order chi connectivity index (χ0) is 13.7. The van der Waals surface area contributed by atoms with Crippen LogP contribution in [0.5, 0.6) is 5.75 Å². The number of aryl methyl sites for hydroxylation is 1. The molecule has 1 aromatic carbocycles. The Morgan fingerprint density at radius 1 is 1.42 bits per heavy atom. The maximum Gasteiger partial charge on any atom is 0.223 e. The summed E-state index contributed by atoms with van der Waals surface area (Å²) in [5, 5.41) is 7.76. The molecule has 19 heavy (non-hydrogen) atoms. The van der Waals surface area contributed by atoms with E-state index in [0.29, 0.717) is 16.7 Å². The van der Waals surface area contributed by atoms with Gasteiger partial charge >= 0.3 is 0 Å². The number of aromatic nitrogens is 2. The lowest BCUT2D eigenvalue weighted by Crippen LogP contribution is -2.17. The first-order valence-electron chi connectivity index (χ1n) is 6.01. The van der Waals surface area contributed by atoms with Gasteiger partial charge in [0.15, 0.2) is 5.82 Å². The molecular weight excluding hydrogens is 266 g/mol. The van der Waals surface area contributed by atoms with Gasteiger partial charge in [0.05, 0.1) is 12.1 Å². The van der Waals surface area contributed by atoms with Crippen molar-refractivity contribution in [3.05, 3.63) is 40.5 Å². The fraction of sp³-hybridized carbons (Fsp3) is 0.385. The molecule has 0 unspecified atom stereocenters. The minimum Gasteiger partial charge on any atom is -0.495 e. The van der Waals surface area contributed by atoms with E-state index in [2.05, 4.69) is 15.5 Å². The molecule has 0 fully saturated rings. The number of rotatable bonds is 6. The Kier molecular flexibility index (Phi) is 4.76. The van der Waals surface area contributed by atoms with Crippen molar-refractivity contribution in [3.8, 4) is 5.75 Å². The molecule has 0 saturated carbocycles. The normalized spacial score (nSPS) is 10.7. The van der Waals surface area contributed by atoms with Crippen LogP contribution in [0.3, 0.4) is 0 Å². The molecule has 0 aliphatic carbocycles. The van der Waals surface area contributed by atoms with Crippen LogP contribution in [0.25, 0.3) is 0 Å². The zero-order valence-electron chi connectivity index (χ0n) is 10.9. The molecule has 2 aromatic rings. The van der Waals surface area contributed by atoms with Crippen LogP contribution in [-0.2, 0) is 13.0 Å². The highest BCUT2D eigenvalue weighted by Gasteiger charge is 2.03. The molecule has 0 aliphatic heterocycles. The molecule has 0 bridgehead atoms.